The molecule has 0 fully saturated rings. The highest BCUT2D eigenvalue weighted by Crippen LogP contribution is 2.32. The highest BCUT2D eigenvalue weighted by Gasteiger charge is 2.06. The van der Waals surface area contributed by atoms with Crippen molar-refractivity contribution in [2.45, 2.75) is 0 Å². The fraction of sp³-hybridized carbons (Fsp3) is 0. The molecule has 1 heterocycles. The van der Waals surface area contributed by atoms with Crippen molar-refractivity contribution in [1.82, 2.24) is 4.98 Å². The van der Waals surface area contributed by atoms with Gasteiger partial charge in [-0.3, -0.25) is 0 Å². The van der Waals surface area contributed by atoms with Crippen molar-refractivity contribution in [1.29, 1.82) is 0 Å². The average molecular weight is 344 g/mol. The van der Waals surface area contributed by atoms with Crippen LogP contribution >= 0.6 is 11.3 Å². The molecule has 122 valence electrons. The molecule has 0 amide bonds. The van der Waals surface area contributed by atoms with Crippen molar-refractivity contribution in [3.8, 4) is 16.3 Å². The van der Waals surface area contributed by atoms with E-state index >= 15 is 0 Å². The fourth-order valence-electron chi connectivity index (χ4n) is 2.57. The number of hydrogen-bond donors (Lipinski definition) is 2. The second kappa shape index (κ2) is 6.42. The average Bonchev–Trinajstić information content (AvgIpc) is 3.05. The number of fused-ring (bicyclic) bond motifs is 1. The number of nitrogens with zero attached hydrogens (tertiary/aromatic N) is 1. The molecule has 0 atom stereocenters. The van der Waals surface area contributed by atoms with E-state index < -0.39 is 0 Å². The first-order valence-corrected chi connectivity index (χ1v) is 8.73. The topological polar surface area (TPSA) is 59.1 Å². The van der Waals surface area contributed by atoms with E-state index in [-0.39, 0.29) is 5.75 Å². The van der Waals surface area contributed by atoms with Crippen LogP contribution in [0.5, 0.6) is 5.75 Å². The standard InChI is InChI=1S/C21H16N2OS/c22-17-9-5-15(6-10-17)2-1-14-3-7-16(8-4-14)21-23-19-12-11-18(24)13-20(19)25-21/h1-13,24H,22H2/b2-1+. The summed E-state index contributed by atoms with van der Waals surface area (Å²) in [6.45, 7) is 0. The Balaban J connectivity index is 1.57. The molecule has 25 heavy (non-hydrogen) atoms. The number of nitrogens with two attached hydrogens (primary N) is 1. The van der Waals surface area contributed by atoms with E-state index in [1.807, 2.05) is 30.3 Å². The van der Waals surface area contributed by atoms with Crippen LogP contribution in [0.3, 0.4) is 0 Å². The van der Waals surface area contributed by atoms with Crippen LogP contribution in [0, 0.1) is 0 Å². The number of rotatable bonds is 3. The van der Waals surface area contributed by atoms with E-state index in [1.165, 1.54) is 0 Å². The molecule has 0 unspecified atom stereocenters. The molecule has 0 saturated heterocycles. The molecule has 0 aliphatic carbocycles. The molecule has 0 radical (unpaired) electrons. The minimum atomic E-state index is 0.269. The molecular weight excluding hydrogens is 328 g/mol. The molecule has 4 rings (SSSR count). The second-order valence-corrected chi connectivity index (χ2v) is 6.82. The summed E-state index contributed by atoms with van der Waals surface area (Å²) < 4.78 is 0.988. The molecule has 0 bridgehead atoms. The zero-order valence-electron chi connectivity index (χ0n) is 13.4. The number of anilines is 1. The molecule has 4 heteroatoms. The van der Waals surface area contributed by atoms with Crippen molar-refractivity contribution < 1.29 is 5.11 Å². The lowest BCUT2D eigenvalue weighted by molar-refractivity contribution is 0.476. The van der Waals surface area contributed by atoms with Crippen LogP contribution in [0.1, 0.15) is 11.1 Å². The molecule has 3 nitrogen and oxygen atoms in total. The van der Waals surface area contributed by atoms with Gasteiger partial charge in [0.25, 0.3) is 0 Å². The van der Waals surface area contributed by atoms with Gasteiger partial charge in [0.05, 0.1) is 10.2 Å². The number of aromatic nitrogens is 1. The van der Waals surface area contributed by atoms with E-state index in [0.717, 1.165) is 37.6 Å². The fourth-order valence-corrected chi connectivity index (χ4v) is 3.58. The lowest BCUT2D eigenvalue weighted by atomic mass is 10.1. The van der Waals surface area contributed by atoms with Gasteiger partial charge in [-0.2, -0.15) is 0 Å². The number of benzene rings is 3. The predicted octanol–water partition coefficient (Wildman–Crippen LogP) is 5.42. The summed E-state index contributed by atoms with van der Waals surface area (Å²) in [7, 11) is 0. The first kappa shape index (κ1) is 15.4. The Morgan fingerprint density at radius 3 is 2.16 bits per heavy atom. The van der Waals surface area contributed by atoms with E-state index in [1.54, 1.807) is 23.5 Å². The van der Waals surface area contributed by atoms with Gasteiger partial charge < -0.3 is 10.8 Å². The number of phenols is 1. The van der Waals surface area contributed by atoms with Crippen LogP contribution in [0.4, 0.5) is 5.69 Å². The summed E-state index contributed by atoms with van der Waals surface area (Å²) in [5.74, 6) is 0.269. The van der Waals surface area contributed by atoms with Crippen molar-refractivity contribution >= 4 is 39.4 Å². The zero-order chi connectivity index (χ0) is 17.2. The van der Waals surface area contributed by atoms with Crippen LogP contribution in [0.2, 0.25) is 0 Å². The van der Waals surface area contributed by atoms with Gasteiger partial charge in [-0.15, -0.1) is 11.3 Å². The van der Waals surface area contributed by atoms with Gasteiger partial charge in [0.15, 0.2) is 0 Å². The second-order valence-electron chi connectivity index (χ2n) is 5.79. The Kier molecular flexibility index (Phi) is 3.96. The van der Waals surface area contributed by atoms with Crippen molar-refractivity contribution in [3.63, 3.8) is 0 Å². The van der Waals surface area contributed by atoms with Gasteiger partial charge in [-0.1, -0.05) is 48.6 Å². The lowest BCUT2D eigenvalue weighted by Crippen LogP contribution is -1.82. The third-order valence-electron chi connectivity index (χ3n) is 3.93. The maximum Gasteiger partial charge on any atom is 0.124 e. The van der Waals surface area contributed by atoms with Crippen LogP contribution in [-0.2, 0) is 0 Å². The van der Waals surface area contributed by atoms with E-state index in [4.69, 9.17) is 5.73 Å². The molecule has 0 spiro atoms. The molecular formula is C21H16N2OS. The van der Waals surface area contributed by atoms with Crippen molar-refractivity contribution in [3.05, 3.63) is 77.9 Å². The maximum atomic E-state index is 9.58. The van der Waals surface area contributed by atoms with Gasteiger partial charge >= 0.3 is 0 Å². The minimum Gasteiger partial charge on any atom is -0.508 e. The number of phenolic OH excluding ortho intramolecular Hbond substituents is 1. The van der Waals surface area contributed by atoms with E-state index in [2.05, 4.69) is 41.4 Å². The monoisotopic (exact) mass is 344 g/mol. The summed E-state index contributed by atoms with van der Waals surface area (Å²) in [6.07, 6.45) is 4.14. The van der Waals surface area contributed by atoms with E-state index in [0.29, 0.717) is 0 Å². The SMILES string of the molecule is Nc1ccc(/C=C/c2ccc(-c3nc4ccc(O)cc4s3)cc2)cc1. The molecule has 0 aliphatic heterocycles. The Morgan fingerprint density at radius 2 is 1.48 bits per heavy atom. The summed E-state index contributed by atoms with van der Waals surface area (Å²) in [4.78, 5) is 4.63. The van der Waals surface area contributed by atoms with Gasteiger partial charge in [-0.25, -0.2) is 4.98 Å². The first-order valence-electron chi connectivity index (χ1n) is 7.91. The minimum absolute atomic E-state index is 0.269. The van der Waals surface area contributed by atoms with Crippen LogP contribution in [-0.4, -0.2) is 10.1 Å². The molecule has 4 aromatic rings. The highest BCUT2D eigenvalue weighted by molar-refractivity contribution is 7.21. The van der Waals surface area contributed by atoms with Crippen LogP contribution < -0.4 is 5.73 Å². The largest absolute Gasteiger partial charge is 0.508 e. The normalized spacial score (nSPS) is 11.4. The Hall–Kier alpha value is -3.11. The summed E-state index contributed by atoms with van der Waals surface area (Å²) in [5, 5.41) is 10.5. The van der Waals surface area contributed by atoms with Gasteiger partial charge in [0.2, 0.25) is 0 Å². The Bertz CT molecular complexity index is 1050. The molecule has 3 aromatic carbocycles. The Morgan fingerprint density at radius 1 is 0.840 bits per heavy atom. The molecule has 0 saturated carbocycles. The quantitative estimate of drug-likeness (QED) is 0.385. The third-order valence-corrected chi connectivity index (χ3v) is 5.00. The van der Waals surface area contributed by atoms with Gasteiger partial charge in [-0.05, 0) is 41.5 Å². The van der Waals surface area contributed by atoms with Gasteiger partial charge in [0.1, 0.15) is 10.8 Å². The molecule has 0 aliphatic rings. The summed E-state index contributed by atoms with van der Waals surface area (Å²) in [6, 6.07) is 21.3. The van der Waals surface area contributed by atoms with E-state index in [9.17, 15) is 5.11 Å². The number of thiazole rings is 1. The van der Waals surface area contributed by atoms with Crippen molar-refractivity contribution in [2.75, 3.05) is 5.73 Å². The lowest BCUT2D eigenvalue weighted by Gasteiger charge is -1.98. The zero-order valence-corrected chi connectivity index (χ0v) is 14.2. The smallest absolute Gasteiger partial charge is 0.124 e. The molecule has 3 N–H and O–H groups in total. The number of hydrogen-bond acceptors (Lipinski definition) is 4. The maximum absolute atomic E-state index is 9.58. The molecule has 1 aromatic heterocycles. The number of nitrogen functional groups attached to an aromatic ring is 1. The third kappa shape index (κ3) is 3.39. The van der Waals surface area contributed by atoms with Crippen LogP contribution in [0.25, 0.3) is 32.9 Å². The van der Waals surface area contributed by atoms with Gasteiger partial charge in [0, 0.05) is 11.3 Å². The number of aromatic hydroxyl groups is 1. The van der Waals surface area contributed by atoms with Crippen molar-refractivity contribution in [2.24, 2.45) is 0 Å². The Labute approximate surface area is 149 Å². The summed E-state index contributed by atoms with van der Waals surface area (Å²) >= 11 is 1.58. The van der Waals surface area contributed by atoms with Crippen LogP contribution in [0.15, 0.2) is 66.7 Å². The highest BCUT2D eigenvalue weighted by atomic mass is 32.1. The first-order chi connectivity index (χ1) is 12.2. The summed E-state index contributed by atoms with van der Waals surface area (Å²) in [5.41, 5.74) is 10.7. The predicted molar refractivity (Wildman–Crippen MR) is 107 cm³/mol.